The number of hydrogen-bond donors (Lipinski definition) is 0. The molecular formula is C20H21ClN4O2. The van der Waals surface area contributed by atoms with E-state index in [9.17, 15) is 4.79 Å². The fourth-order valence-electron chi connectivity index (χ4n) is 3.46. The SMILES string of the molecule is O=C(Cn1cccn1)N1CCCC(c2ncc(Cc3ccccc3Cl)o2)C1. The number of hydrogen-bond acceptors (Lipinski definition) is 4. The van der Waals surface area contributed by atoms with Crippen molar-refractivity contribution in [3.63, 3.8) is 0 Å². The van der Waals surface area contributed by atoms with E-state index in [0.29, 0.717) is 18.9 Å². The number of oxazole rings is 1. The van der Waals surface area contributed by atoms with Gasteiger partial charge in [0.25, 0.3) is 0 Å². The number of likely N-dealkylation sites (tertiary alicyclic amines) is 1. The Morgan fingerprint density at radius 2 is 2.19 bits per heavy atom. The van der Waals surface area contributed by atoms with E-state index < -0.39 is 0 Å². The zero-order valence-electron chi connectivity index (χ0n) is 14.9. The van der Waals surface area contributed by atoms with E-state index in [1.54, 1.807) is 23.3 Å². The molecular weight excluding hydrogens is 364 g/mol. The predicted molar refractivity (Wildman–Crippen MR) is 102 cm³/mol. The van der Waals surface area contributed by atoms with Crippen molar-refractivity contribution in [1.82, 2.24) is 19.7 Å². The molecule has 1 aromatic carbocycles. The molecule has 1 unspecified atom stereocenters. The van der Waals surface area contributed by atoms with Gasteiger partial charge in [-0.05, 0) is 30.5 Å². The molecule has 0 radical (unpaired) electrons. The zero-order chi connectivity index (χ0) is 18.6. The Labute approximate surface area is 162 Å². The van der Waals surface area contributed by atoms with Crippen LogP contribution in [0.5, 0.6) is 0 Å². The van der Waals surface area contributed by atoms with Crippen LogP contribution in [0.15, 0.2) is 53.3 Å². The zero-order valence-corrected chi connectivity index (χ0v) is 15.7. The van der Waals surface area contributed by atoms with Gasteiger partial charge in [-0.15, -0.1) is 0 Å². The number of aromatic nitrogens is 3. The van der Waals surface area contributed by atoms with E-state index in [1.807, 2.05) is 35.2 Å². The largest absolute Gasteiger partial charge is 0.445 e. The molecule has 0 aliphatic carbocycles. The summed E-state index contributed by atoms with van der Waals surface area (Å²) in [5.41, 5.74) is 1.02. The number of carbonyl (C=O) groups is 1. The lowest BCUT2D eigenvalue weighted by molar-refractivity contribution is -0.133. The number of nitrogens with zero attached hydrogens (tertiary/aromatic N) is 4. The van der Waals surface area contributed by atoms with Gasteiger partial charge in [-0.3, -0.25) is 9.48 Å². The molecule has 6 nitrogen and oxygen atoms in total. The number of rotatable bonds is 5. The summed E-state index contributed by atoms with van der Waals surface area (Å²) in [6.07, 6.45) is 7.77. The lowest BCUT2D eigenvalue weighted by atomic mass is 9.98. The third-order valence-electron chi connectivity index (χ3n) is 4.87. The molecule has 0 saturated carbocycles. The maximum atomic E-state index is 12.5. The molecule has 0 spiro atoms. The van der Waals surface area contributed by atoms with Crippen molar-refractivity contribution in [2.24, 2.45) is 0 Å². The maximum Gasteiger partial charge on any atom is 0.244 e. The molecule has 0 bridgehead atoms. The molecule has 7 heteroatoms. The smallest absolute Gasteiger partial charge is 0.244 e. The van der Waals surface area contributed by atoms with Crippen LogP contribution in [-0.2, 0) is 17.8 Å². The first-order chi connectivity index (χ1) is 13.2. The molecule has 3 heterocycles. The fourth-order valence-corrected chi connectivity index (χ4v) is 3.66. The highest BCUT2D eigenvalue weighted by atomic mass is 35.5. The highest BCUT2D eigenvalue weighted by Gasteiger charge is 2.28. The predicted octanol–water partition coefficient (Wildman–Crippen LogP) is 3.52. The summed E-state index contributed by atoms with van der Waals surface area (Å²) in [4.78, 5) is 18.9. The monoisotopic (exact) mass is 384 g/mol. The van der Waals surface area contributed by atoms with Crippen LogP contribution >= 0.6 is 11.6 Å². The lowest BCUT2D eigenvalue weighted by Crippen LogP contribution is -2.41. The normalized spacial score (nSPS) is 17.2. The third-order valence-corrected chi connectivity index (χ3v) is 5.24. The Balaban J connectivity index is 1.40. The molecule has 1 atom stereocenters. The summed E-state index contributed by atoms with van der Waals surface area (Å²) in [5.74, 6) is 1.69. The van der Waals surface area contributed by atoms with Crippen LogP contribution in [0, 0.1) is 0 Å². The second-order valence-electron chi connectivity index (χ2n) is 6.82. The van der Waals surface area contributed by atoms with Gasteiger partial charge in [0.2, 0.25) is 5.91 Å². The minimum atomic E-state index is 0.0752. The van der Waals surface area contributed by atoms with Crippen molar-refractivity contribution in [2.45, 2.75) is 31.7 Å². The molecule has 1 fully saturated rings. The maximum absolute atomic E-state index is 12.5. The van der Waals surface area contributed by atoms with Gasteiger partial charge in [0, 0.05) is 36.9 Å². The molecule has 1 saturated heterocycles. The average molecular weight is 385 g/mol. The topological polar surface area (TPSA) is 64.2 Å². The van der Waals surface area contributed by atoms with Crippen molar-refractivity contribution in [2.75, 3.05) is 13.1 Å². The highest BCUT2D eigenvalue weighted by Crippen LogP contribution is 2.28. The van der Waals surface area contributed by atoms with Gasteiger partial charge >= 0.3 is 0 Å². The van der Waals surface area contributed by atoms with Crippen LogP contribution in [0.3, 0.4) is 0 Å². The first kappa shape index (κ1) is 17.8. The van der Waals surface area contributed by atoms with E-state index in [2.05, 4.69) is 10.1 Å². The van der Waals surface area contributed by atoms with Crippen molar-refractivity contribution in [3.8, 4) is 0 Å². The first-order valence-electron chi connectivity index (χ1n) is 9.12. The molecule has 2 aromatic heterocycles. The van der Waals surface area contributed by atoms with Crippen molar-refractivity contribution in [1.29, 1.82) is 0 Å². The number of piperidine rings is 1. The number of carbonyl (C=O) groups excluding carboxylic acids is 1. The summed E-state index contributed by atoms with van der Waals surface area (Å²) in [6, 6.07) is 9.55. The molecule has 0 N–H and O–H groups in total. The van der Waals surface area contributed by atoms with Crippen LogP contribution in [0.2, 0.25) is 5.02 Å². The standard InChI is InChI=1S/C20H21ClN4O2/c21-18-7-2-1-5-15(18)11-17-12-22-20(27-17)16-6-3-9-24(13-16)19(26)14-25-10-4-8-23-25/h1-2,4-5,7-8,10,12,16H,3,6,9,11,13-14H2. The van der Waals surface area contributed by atoms with E-state index in [4.69, 9.17) is 16.0 Å². The number of benzene rings is 1. The van der Waals surface area contributed by atoms with Crippen LogP contribution in [0.4, 0.5) is 0 Å². The summed E-state index contributed by atoms with van der Waals surface area (Å²) < 4.78 is 7.64. The van der Waals surface area contributed by atoms with Crippen LogP contribution < -0.4 is 0 Å². The average Bonchev–Trinajstić information content (AvgIpc) is 3.36. The second kappa shape index (κ2) is 7.96. The van der Waals surface area contributed by atoms with Gasteiger partial charge < -0.3 is 9.32 Å². The van der Waals surface area contributed by atoms with Gasteiger partial charge in [-0.1, -0.05) is 29.8 Å². The van der Waals surface area contributed by atoms with Gasteiger partial charge in [-0.25, -0.2) is 4.98 Å². The van der Waals surface area contributed by atoms with E-state index in [-0.39, 0.29) is 18.4 Å². The Hall–Kier alpha value is -2.60. The van der Waals surface area contributed by atoms with Crippen LogP contribution in [0.1, 0.15) is 36.0 Å². The summed E-state index contributed by atoms with van der Waals surface area (Å²) >= 11 is 6.23. The van der Waals surface area contributed by atoms with Crippen LogP contribution in [-0.4, -0.2) is 38.7 Å². The molecule has 140 valence electrons. The molecule has 27 heavy (non-hydrogen) atoms. The molecule has 3 aromatic rings. The number of halogens is 1. The fraction of sp³-hybridized carbons (Fsp3) is 0.350. The second-order valence-corrected chi connectivity index (χ2v) is 7.22. The molecule has 4 rings (SSSR count). The van der Waals surface area contributed by atoms with E-state index in [0.717, 1.165) is 35.7 Å². The Morgan fingerprint density at radius 3 is 3.00 bits per heavy atom. The van der Waals surface area contributed by atoms with Gasteiger partial charge in [0.15, 0.2) is 5.89 Å². The lowest BCUT2D eigenvalue weighted by Gasteiger charge is -2.31. The molecule has 1 aliphatic rings. The first-order valence-corrected chi connectivity index (χ1v) is 9.50. The van der Waals surface area contributed by atoms with E-state index in [1.165, 1.54) is 0 Å². The quantitative estimate of drug-likeness (QED) is 0.675. The van der Waals surface area contributed by atoms with Crippen molar-refractivity contribution < 1.29 is 9.21 Å². The van der Waals surface area contributed by atoms with E-state index >= 15 is 0 Å². The van der Waals surface area contributed by atoms with Crippen molar-refractivity contribution in [3.05, 3.63) is 71.2 Å². The summed E-state index contributed by atoms with van der Waals surface area (Å²) in [6.45, 7) is 1.67. The molecule has 1 amide bonds. The van der Waals surface area contributed by atoms with Crippen molar-refractivity contribution >= 4 is 17.5 Å². The Bertz CT molecular complexity index is 906. The molecule has 1 aliphatic heterocycles. The summed E-state index contributed by atoms with van der Waals surface area (Å²) in [5, 5.41) is 4.83. The van der Waals surface area contributed by atoms with Crippen LogP contribution in [0.25, 0.3) is 0 Å². The third kappa shape index (κ3) is 4.22. The Kier molecular flexibility index (Phi) is 5.25. The number of amides is 1. The summed E-state index contributed by atoms with van der Waals surface area (Å²) in [7, 11) is 0. The van der Waals surface area contributed by atoms with Gasteiger partial charge in [0.1, 0.15) is 12.3 Å². The van der Waals surface area contributed by atoms with Gasteiger partial charge in [0.05, 0.1) is 12.1 Å². The highest BCUT2D eigenvalue weighted by molar-refractivity contribution is 6.31. The van der Waals surface area contributed by atoms with Gasteiger partial charge in [-0.2, -0.15) is 5.10 Å². The minimum absolute atomic E-state index is 0.0752. The Morgan fingerprint density at radius 1 is 1.30 bits per heavy atom. The minimum Gasteiger partial charge on any atom is -0.445 e.